The van der Waals surface area contributed by atoms with E-state index in [1.165, 1.54) is 24.0 Å². The van der Waals surface area contributed by atoms with Crippen LogP contribution in [0, 0.1) is 19.8 Å². The molecule has 0 spiro atoms. The Morgan fingerprint density at radius 3 is 2.68 bits per heavy atom. The van der Waals surface area contributed by atoms with Gasteiger partial charge in [-0.05, 0) is 62.4 Å². The predicted molar refractivity (Wildman–Crippen MR) is 78.2 cm³/mol. The average Bonchev–Trinajstić information content (AvgIpc) is 2.42. The third kappa shape index (κ3) is 4.35. The smallest absolute Gasteiger partial charge is 0.224 e. The van der Waals surface area contributed by atoms with Crippen molar-refractivity contribution in [1.82, 2.24) is 10.6 Å². The Morgan fingerprint density at radius 1 is 1.26 bits per heavy atom. The Labute approximate surface area is 115 Å². The van der Waals surface area contributed by atoms with Crippen LogP contribution < -0.4 is 10.6 Å². The first kappa shape index (κ1) is 14.1. The van der Waals surface area contributed by atoms with E-state index in [0.717, 1.165) is 25.2 Å². The number of benzene rings is 1. The number of carbonyl (C=O) groups excluding carboxylic acids is 1. The first-order valence-corrected chi connectivity index (χ1v) is 7.18. The van der Waals surface area contributed by atoms with Gasteiger partial charge in [-0.15, -0.1) is 0 Å². The Bertz CT molecular complexity index is 436. The van der Waals surface area contributed by atoms with Gasteiger partial charge in [0, 0.05) is 6.54 Å². The van der Waals surface area contributed by atoms with Gasteiger partial charge in [0.05, 0.1) is 6.42 Å². The van der Waals surface area contributed by atoms with E-state index >= 15 is 0 Å². The van der Waals surface area contributed by atoms with Gasteiger partial charge < -0.3 is 10.6 Å². The van der Waals surface area contributed by atoms with Crippen molar-refractivity contribution in [2.24, 2.45) is 5.92 Å². The van der Waals surface area contributed by atoms with Crippen molar-refractivity contribution in [2.75, 3.05) is 19.6 Å². The second-order valence-electron chi connectivity index (χ2n) is 5.59. The van der Waals surface area contributed by atoms with Crippen molar-refractivity contribution in [3.8, 4) is 0 Å². The molecule has 19 heavy (non-hydrogen) atoms. The van der Waals surface area contributed by atoms with Gasteiger partial charge in [-0.3, -0.25) is 4.79 Å². The van der Waals surface area contributed by atoms with E-state index in [2.05, 4.69) is 36.6 Å². The lowest BCUT2D eigenvalue weighted by Gasteiger charge is -2.22. The lowest BCUT2D eigenvalue weighted by molar-refractivity contribution is -0.120. The van der Waals surface area contributed by atoms with Gasteiger partial charge in [-0.1, -0.05) is 18.2 Å². The molecule has 0 aromatic heterocycles. The molecule has 3 heteroatoms. The van der Waals surface area contributed by atoms with Gasteiger partial charge >= 0.3 is 0 Å². The SMILES string of the molecule is Cc1ccc(CC(=O)NCC2CCNCC2)cc1C. The van der Waals surface area contributed by atoms with Crippen LogP contribution in [0.5, 0.6) is 0 Å². The largest absolute Gasteiger partial charge is 0.356 e. The van der Waals surface area contributed by atoms with Gasteiger partial charge in [0.15, 0.2) is 0 Å². The molecule has 1 amide bonds. The second-order valence-corrected chi connectivity index (χ2v) is 5.59. The summed E-state index contributed by atoms with van der Waals surface area (Å²) in [4.78, 5) is 11.9. The molecule has 1 aromatic rings. The van der Waals surface area contributed by atoms with E-state index in [9.17, 15) is 4.79 Å². The maximum absolute atomic E-state index is 11.9. The van der Waals surface area contributed by atoms with Crippen LogP contribution >= 0.6 is 0 Å². The van der Waals surface area contributed by atoms with E-state index in [1.807, 2.05) is 6.07 Å². The zero-order chi connectivity index (χ0) is 13.7. The van der Waals surface area contributed by atoms with Crippen LogP contribution in [0.4, 0.5) is 0 Å². The molecule has 0 bridgehead atoms. The zero-order valence-corrected chi connectivity index (χ0v) is 12.0. The van der Waals surface area contributed by atoms with Crippen LogP contribution in [0.2, 0.25) is 0 Å². The van der Waals surface area contributed by atoms with Crippen LogP contribution in [0.1, 0.15) is 29.5 Å². The highest BCUT2D eigenvalue weighted by Gasteiger charge is 2.14. The molecule has 0 aliphatic carbocycles. The molecule has 1 saturated heterocycles. The van der Waals surface area contributed by atoms with Crippen LogP contribution in [-0.4, -0.2) is 25.5 Å². The first-order valence-electron chi connectivity index (χ1n) is 7.18. The van der Waals surface area contributed by atoms with Crippen LogP contribution in [-0.2, 0) is 11.2 Å². The summed E-state index contributed by atoms with van der Waals surface area (Å²) in [6.07, 6.45) is 2.83. The summed E-state index contributed by atoms with van der Waals surface area (Å²) in [5.41, 5.74) is 3.63. The maximum atomic E-state index is 11.9. The van der Waals surface area contributed by atoms with Crippen LogP contribution in [0.15, 0.2) is 18.2 Å². The number of nitrogens with one attached hydrogen (secondary N) is 2. The standard InChI is InChI=1S/C16H24N2O/c1-12-3-4-15(9-13(12)2)10-16(19)18-11-14-5-7-17-8-6-14/h3-4,9,14,17H,5-8,10-11H2,1-2H3,(H,18,19). The monoisotopic (exact) mass is 260 g/mol. The number of aryl methyl sites for hydroxylation is 2. The number of rotatable bonds is 4. The summed E-state index contributed by atoms with van der Waals surface area (Å²) < 4.78 is 0. The van der Waals surface area contributed by atoms with Gasteiger partial charge in [-0.25, -0.2) is 0 Å². The second kappa shape index (κ2) is 6.71. The Hall–Kier alpha value is -1.35. The highest BCUT2D eigenvalue weighted by atomic mass is 16.1. The van der Waals surface area contributed by atoms with Gasteiger partial charge in [0.2, 0.25) is 5.91 Å². The van der Waals surface area contributed by atoms with Crippen molar-refractivity contribution in [1.29, 1.82) is 0 Å². The molecule has 0 saturated carbocycles. The number of hydrogen-bond acceptors (Lipinski definition) is 2. The molecule has 0 radical (unpaired) electrons. The lowest BCUT2D eigenvalue weighted by Crippen LogP contribution is -2.36. The molecule has 2 rings (SSSR count). The normalized spacial score (nSPS) is 16.3. The molecule has 0 unspecified atom stereocenters. The van der Waals surface area contributed by atoms with E-state index in [-0.39, 0.29) is 5.91 Å². The molecule has 104 valence electrons. The fraction of sp³-hybridized carbons (Fsp3) is 0.562. The summed E-state index contributed by atoms with van der Waals surface area (Å²) in [5.74, 6) is 0.784. The van der Waals surface area contributed by atoms with Gasteiger partial charge in [-0.2, -0.15) is 0 Å². The molecule has 2 N–H and O–H groups in total. The van der Waals surface area contributed by atoms with E-state index in [1.54, 1.807) is 0 Å². The fourth-order valence-electron chi connectivity index (χ4n) is 2.51. The van der Waals surface area contributed by atoms with Gasteiger partial charge in [0.1, 0.15) is 0 Å². The molecule has 1 aliphatic rings. The third-order valence-electron chi connectivity index (χ3n) is 3.98. The number of amides is 1. The number of carbonyl (C=O) groups is 1. The van der Waals surface area contributed by atoms with E-state index in [4.69, 9.17) is 0 Å². The molecule has 0 atom stereocenters. The minimum Gasteiger partial charge on any atom is -0.356 e. The zero-order valence-electron chi connectivity index (χ0n) is 12.0. The van der Waals surface area contributed by atoms with Crippen LogP contribution in [0.3, 0.4) is 0 Å². The van der Waals surface area contributed by atoms with Crippen LogP contribution in [0.25, 0.3) is 0 Å². The first-order chi connectivity index (χ1) is 9.15. The maximum Gasteiger partial charge on any atom is 0.224 e. The summed E-state index contributed by atoms with van der Waals surface area (Å²) in [6.45, 7) is 7.17. The van der Waals surface area contributed by atoms with Crippen molar-refractivity contribution in [3.05, 3.63) is 34.9 Å². The predicted octanol–water partition coefficient (Wildman–Crippen LogP) is 1.96. The highest BCUT2D eigenvalue weighted by molar-refractivity contribution is 5.78. The molecule has 3 nitrogen and oxygen atoms in total. The van der Waals surface area contributed by atoms with Gasteiger partial charge in [0.25, 0.3) is 0 Å². The van der Waals surface area contributed by atoms with Crippen molar-refractivity contribution in [3.63, 3.8) is 0 Å². The minimum atomic E-state index is 0.141. The summed E-state index contributed by atoms with van der Waals surface area (Å²) in [5, 5.41) is 6.41. The number of hydrogen-bond donors (Lipinski definition) is 2. The molecule has 1 aliphatic heterocycles. The van der Waals surface area contributed by atoms with Crippen molar-refractivity contribution < 1.29 is 4.79 Å². The Morgan fingerprint density at radius 2 is 2.00 bits per heavy atom. The minimum absolute atomic E-state index is 0.141. The fourth-order valence-corrected chi connectivity index (χ4v) is 2.51. The Kier molecular flexibility index (Phi) is 4.97. The average molecular weight is 260 g/mol. The molecule has 1 fully saturated rings. The highest BCUT2D eigenvalue weighted by Crippen LogP contribution is 2.11. The molecule has 1 aromatic carbocycles. The number of piperidine rings is 1. The third-order valence-corrected chi connectivity index (χ3v) is 3.98. The Balaban J connectivity index is 1.78. The topological polar surface area (TPSA) is 41.1 Å². The molecular weight excluding hydrogens is 236 g/mol. The van der Waals surface area contributed by atoms with Crippen molar-refractivity contribution >= 4 is 5.91 Å². The summed E-state index contributed by atoms with van der Waals surface area (Å²) in [6, 6.07) is 6.25. The summed E-state index contributed by atoms with van der Waals surface area (Å²) in [7, 11) is 0. The van der Waals surface area contributed by atoms with E-state index in [0.29, 0.717) is 12.3 Å². The van der Waals surface area contributed by atoms with Crippen molar-refractivity contribution in [2.45, 2.75) is 33.1 Å². The quantitative estimate of drug-likeness (QED) is 0.869. The molecule has 1 heterocycles. The van der Waals surface area contributed by atoms with E-state index < -0.39 is 0 Å². The summed E-state index contributed by atoms with van der Waals surface area (Å²) >= 11 is 0. The molecular formula is C16H24N2O. The lowest BCUT2D eigenvalue weighted by atomic mass is 9.98.